The second-order valence-electron chi connectivity index (χ2n) is 3.63. The molecule has 0 amide bonds. The molecule has 0 aromatic carbocycles. The van der Waals surface area contributed by atoms with Crippen LogP contribution >= 0.6 is 0 Å². The van der Waals surface area contributed by atoms with Gasteiger partial charge in [-0.25, -0.2) is 0 Å². The zero-order valence-corrected chi connectivity index (χ0v) is 9.65. The molecule has 0 aliphatic rings. The molecular formula is C12H14N4. The van der Waals surface area contributed by atoms with Crippen LogP contribution in [-0.4, -0.2) is 22.2 Å². The van der Waals surface area contributed by atoms with Crippen molar-refractivity contribution in [1.29, 1.82) is 0 Å². The van der Waals surface area contributed by atoms with Gasteiger partial charge in [0.05, 0.1) is 5.69 Å². The van der Waals surface area contributed by atoms with E-state index in [9.17, 15) is 0 Å². The molecule has 0 radical (unpaired) electrons. The summed E-state index contributed by atoms with van der Waals surface area (Å²) in [6.07, 6.45) is 3.52. The molecule has 0 unspecified atom stereocenters. The molecule has 0 fully saturated rings. The number of nitrogens with zero attached hydrogens (tertiary/aromatic N) is 3. The summed E-state index contributed by atoms with van der Waals surface area (Å²) in [6.45, 7) is 4.10. The molecule has 0 bridgehead atoms. The van der Waals surface area contributed by atoms with Crippen LogP contribution < -0.4 is 5.32 Å². The third kappa shape index (κ3) is 1.74. The fraction of sp³-hybridized carbons (Fsp3) is 0.250. The second kappa shape index (κ2) is 4.26. The molecule has 82 valence electrons. The summed E-state index contributed by atoms with van der Waals surface area (Å²) in [6, 6.07) is 3.88. The van der Waals surface area contributed by atoms with Crippen LogP contribution in [0.15, 0.2) is 24.5 Å². The highest BCUT2D eigenvalue weighted by molar-refractivity contribution is 5.65. The van der Waals surface area contributed by atoms with Crippen LogP contribution in [0.1, 0.15) is 11.1 Å². The summed E-state index contributed by atoms with van der Waals surface area (Å²) in [7, 11) is 1.85. The van der Waals surface area contributed by atoms with E-state index in [-0.39, 0.29) is 0 Å². The zero-order valence-electron chi connectivity index (χ0n) is 9.65. The van der Waals surface area contributed by atoms with Gasteiger partial charge in [0.25, 0.3) is 0 Å². The Bertz CT molecular complexity index is 494. The molecule has 0 atom stereocenters. The van der Waals surface area contributed by atoms with E-state index < -0.39 is 0 Å². The van der Waals surface area contributed by atoms with Gasteiger partial charge < -0.3 is 5.32 Å². The van der Waals surface area contributed by atoms with E-state index in [4.69, 9.17) is 0 Å². The number of hydrogen-bond donors (Lipinski definition) is 1. The Labute approximate surface area is 94.8 Å². The SMILES string of the molecule is CNc1nnc(-c2ccncc2)c(C)c1C. The highest BCUT2D eigenvalue weighted by atomic mass is 15.2. The molecule has 4 nitrogen and oxygen atoms in total. The number of hydrogen-bond acceptors (Lipinski definition) is 4. The van der Waals surface area contributed by atoms with Crippen LogP contribution in [0.25, 0.3) is 11.3 Å². The van der Waals surface area contributed by atoms with Crippen molar-refractivity contribution >= 4 is 5.82 Å². The standard InChI is InChI=1S/C12H14N4/c1-8-9(2)12(13-3)16-15-11(8)10-4-6-14-7-5-10/h4-7H,1-3H3,(H,13,16). The molecule has 2 rings (SSSR count). The van der Waals surface area contributed by atoms with Gasteiger partial charge in [0.2, 0.25) is 0 Å². The maximum Gasteiger partial charge on any atom is 0.151 e. The van der Waals surface area contributed by atoms with Crippen LogP contribution in [0.2, 0.25) is 0 Å². The summed E-state index contributed by atoms with van der Waals surface area (Å²) in [5.41, 5.74) is 4.24. The van der Waals surface area contributed by atoms with Gasteiger partial charge in [0, 0.05) is 25.0 Å². The normalized spacial score (nSPS) is 10.2. The lowest BCUT2D eigenvalue weighted by Gasteiger charge is -2.10. The van der Waals surface area contributed by atoms with Crippen molar-refractivity contribution in [2.75, 3.05) is 12.4 Å². The van der Waals surface area contributed by atoms with E-state index in [0.29, 0.717) is 0 Å². The van der Waals surface area contributed by atoms with E-state index >= 15 is 0 Å². The quantitative estimate of drug-likeness (QED) is 0.832. The minimum Gasteiger partial charge on any atom is -0.371 e. The van der Waals surface area contributed by atoms with Gasteiger partial charge >= 0.3 is 0 Å². The fourth-order valence-electron chi connectivity index (χ4n) is 1.63. The van der Waals surface area contributed by atoms with Crippen LogP contribution in [0.3, 0.4) is 0 Å². The Morgan fingerprint density at radius 1 is 1.00 bits per heavy atom. The Morgan fingerprint density at radius 3 is 2.31 bits per heavy atom. The third-order valence-corrected chi connectivity index (χ3v) is 2.71. The van der Waals surface area contributed by atoms with Crippen LogP contribution in [0, 0.1) is 13.8 Å². The van der Waals surface area contributed by atoms with Gasteiger partial charge in [-0.2, -0.15) is 0 Å². The molecule has 4 heteroatoms. The molecule has 0 aliphatic heterocycles. The molecule has 2 aromatic rings. The Kier molecular flexibility index (Phi) is 2.81. The first-order chi connectivity index (χ1) is 7.74. The summed E-state index contributed by atoms with van der Waals surface area (Å²) >= 11 is 0. The minimum atomic E-state index is 0.829. The van der Waals surface area contributed by atoms with E-state index in [1.165, 1.54) is 0 Å². The molecule has 2 aromatic heterocycles. The summed E-state index contributed by atoms with van der Waals surface area (Å²) < 4.78 is 0. The summed E-state index contributed by atoms with van der Waals surface area (Å²) in [5, 5.41) is 11.4. The van der Waals surface area contributed by atoms with Crippen molar-refractivity contribution in [3.8, 4) is 11.3 Å². The van der Waals surface area contributed by atoms with E-state index in [0.717, 1.165) is 28.2 Å². The Morgan fingerprint density at radius 2 is 1.69 bits per heavy atom. The van der Waals surface area contributed by atoms with Crippen LogP contribution in [0.5, 0.6) is 0 Å². The highest BCUT2D eigenvalue weighted by Gasteiger charge is 2.09. The van der Waals surface area contributed by atoms with Crippen LogP contribution in [0.4, 0.5) is 5.82 Å². The van der Waals surface area contributed by atoms with Crippen molar-refractivity contribution in [3.05, 3.63) is 35.7 Å². The predicted molar refractivity (Wildman–Crippen MR) is 64.3 cm³/mol. The lowest BCUT2D eigenvalue weighted by molar-refractivity contribution is 1.00. The number of anilines is 1. The lowest BCUT2D eigenvalue weighted by atomic mass is 10.1. The number of nitrogens with one attached hydrogen (secondary N) is 1. The van der Waals surface area contributed by atoms with E-state index in [1.54, 1.807) is 12.4 Å². The first-order valence-corrected chi connectivity index (χ1v) is 5.16. The van der Waals surface area contributed by atoms with Crippen molar-refractivity contribution in [3.63, 3.8) is 0 Å². The van der Waals surface area contributed by atoms with Crippen LogP contribution in [-0.2, 0) is 0 Å². The molecule has 0 saturated heterocycles. The van der Waals surface area contributed by atoms with Gasteiger partial charge in [0.1, 0.15) is 0 Å². The fourth-order valence-corrected chi connectivity index (χ4v) is 1.63. The van der Waals surface area contributed by atoms with Gasteiger partial charge in [-0.1, -0.05) is 0 Å². The lowest BCUT2D eigenvalue weighted by Crippen LogP contribution is -2.02. The summed E-state index contributed by atoms with van der Waals surface area (Å²) in [4.78, 5) is 4.00. The Balaban J connectivity index is 2.56. The van der Waals surface area contributed by atoms with Crippen molar-refractivity contribution < 1.29 is 0 Å². The number of rotatable bonds is 2. The number of aromatic nitrogens is 3. The zero-order chi connectivity index (χ0) is 11.5. The summed E-state index contributed by atoms with van der Waals surface area (Å²) in [5.74, 6) is 0.829. The van der Waals surface area contributed by atoms with Crippen molar-refractivity contribution in [2.45, 2.75) is 13.8 Å². The maximum absolute atomic E-state index is 4.24. The molecule has 0 aliphatic carbocycles. The second-order valence-corrected chi connectivity index (χ2v) is 3.63. The minimum absolute atomic E-state index is 0.829. The van der Waals surface area contributed by atoms with Crippen molar-refractivity contribution in [2.24, 2.45) is 0 Å². The van der Waals surface area contributed by atoms with E-state index in [2.05, 4.69) is 27.4 Å². The molecule has 16 heavy (non-hydrogen) atoms. The third-order valence-electron chi connectivity index (χ3n) is 2.71. The maximum atomic E-state index is 4.24. The van der Waals surface area contributed by atoms with Gasteiger partial charge in [-0.15, -0.1) is 10.2 Å². The molecule has 1 N–H and O–H groups in total. The van der Waals surface area contributed by atoms with Gasteiger partial charge in [0.15, 0.2) is 5.82 Å². The number of pyridine rings is 1. The molecular weight excluding hydrogens is 200 g/mol. The van der Waals surface area contributed by atoms with E-state index in [1.807, 2.05) is 26.1 Å². The average Bonchev–Trinajstić information content (AvgIpc) is 2.34. The topological polar surface area (TPSA) is 50.7 Å². The van der Waals surface area contributed by atoms with Gasteiger partial charge in [-0.05, 0) is 37.1 Å². The highest BCUT2D eigenvalue weighted by Crippen LogP contribution is 2.24. The predicted octanol–water partition coefficient (Wildman–Crippen LogP) is 2.20. The Hall–Kier alpha value is -1.97. The van der Waals surface area contributed by atoms with Crippen molar-refractivity contribution in [1.82, 2.24) is 15.2 Å². The molecule has 2 heterocycles. The largest absolute Gasteiger partial charge is 0.371 e. The monoisotopic (exact) mass is 214 g/mol. The first kappa shape index (κ1) is 10.5. The average molecular weight is 214 g/mol. The smallest absolute Gasteiger partial charge is 0.151 e. The first-order valence-electron chi connectivity index (χ1n) is 5.16. The van der Waals surface area contributed by atoms with Gasteiger partial charge in [-0.3, -0.25) is 4.98 Å². The molecule has 0 saturated carbocycles. The molecule has 0 spiro atoms.